The van der Waals surface area contributed by atoms with Gasteiger partial charge in [0, 0.05) is 17.3 Å². The molecule has 1 aliphatic heterocycles. The fourth-order valence-electron chi connectivity index (χ4n) is 2.40. The Morgan fingerprint density at radius 2 is 2.09 bits per heavy atom. The zero-order valence-electron chi connectivity index (χ0n) is 12.4. The highest BCUT2D eigenvalue weighted by Crippen LogP contribution is 2.30. The second-order valence-electron chi connectivity index (χ2n) is 5.06. The Labute approximate surface area is 143 Å². The molecule has 0 N–H and O–H groups in total. The maximum Gasteiger partial charge on any atom is 0.410 e. The van der Waals surface area contributed by atoms with Crippen molar-refractivity contribution in [3.05, 3.63) is 46.1 Å². The Hall–Kier alpha value is -1.98. The average Bonchev–Trinajstić information content (AvgIpc) is 2.95. The number of carbonyl (C=O) groups excluding carboxylic acids is 1. The highest BCUT2D eigenvalue weighted by molar-refractivity contribution is 6.42. The molecule has 120 valence electrons. The number of halogens is 2. The Morgan fingerprint density at radius 3 is 2.74 bits per heavy atom. The van der Waals surface area contributed by atoms with Gasteiger partial charge in [-0.05, 0) is 23.8 Å². The Morgan fingerprint density at radius 1 is 1.26 bits per heavy atom. The van der Waals surface area contributed by atoms with Gasteiger partial charge in [0.15, 0.2) is 0 Å². The molecule has 1 fully saturated rings. The van der Waals surface area contributed by atoms with Crippen molar-refractivity contribution in [3.63, 3.8) is 0 Å². The summed E-state index contributed by atoms with van der Waals surface area (Å²) in [5, 5.41) is 0.974. The molecule has 2 aromatic rings. The summed E-state index contributed by atoms with van der Waals surface area (Å²) >= 11 is 12.0. The molecule has 0 atom stereocenters. The van der Waals surface area contributed by atoms with E-state index in [9.17, 15) is 4.79 Å². The molecule has 1 saturated heterocycles. The lowest BCUT2D eigenvalue weighted by Gasteiger charge is -2.15. The number of benzene rings is 1. The number of hydrogen-bond donors (Lipinski definition) is 0. The second kappa shape index (κ2) is 6.64. The highest BCUT2D eigenvalue weighted by atomic mass is 35.5. The third kappa shape index (κ3) is 3.35. The first-order chi connectivity index (χ1) is 11.1. The van der Waals surface area contributed by atoms with Crippen LogP contribution in [0.25, 0.3) is 11.1 Å². The van der Waals surface area contributed by atoms with Gasteiger partial charge < -0.3 is 14.4 Å². The van der Waals surface area contributed by atoms with Crippen LogP contribution in [0.5, 0.6) is 5.88 Å². The van der Waals surface area contributed by atoms with Crippen LogP contribution >= 0.6 is 23.2 Å². The van der Waals surface area contributed by atoms with Crippen molar-refractivity contribution < 1.29 is 14.3 Å². The summed E-state index contributed by atoms with van der Waals surface area (Å²) in [5.41, 5.74) is 2.56. The zero-order chi connectivity index (χ0) is 16.4. The number of ether oxygens (including phenoxy) is 2. The molecule has 0 radical (unpaired) electrons. The molecule has 0 unspecified atom stereocenters. The van der Waals surface area contributed by atoms with E-state index in [1.165, 1.54) is 0 Å². The molecular formula is C16H14Cl2N2O3. The second-order valence-corrected chi connectivity index (χ2v) is 5.87. The topological polar surface area (TPSA) is 51.7 Å². The summed E-state index contributed by atoms with van der Waals surface area (Å²) in [4.78, 5) is 17.6. The Balaban J connectivity index is 1.94. The van der Waals surface area contributed by atoms with Crippen molar-refractivity contribution in [3.8, 4) is 17.0 Å². The van der Waals surface area contributed by atoms with Gasteiger partial charge in [-0.1, -0.05) is 29.3 Å². The van der Waals surface area contributed by atoms with Crippen LogP contribution in [0.3, 0.4) is 0 Å². The van der Waals surface area contributed by atoms with Crippen LogP contribution in [-0.2, 0) is 11.3 Å². The number of amides is 1. The number of aromatic nitrogens is 1. The summed E-state index contributed by atoms with van der Waals surface area (Å²) < 4.78 is 10.2. The Kier molecular flexibility index (Phi) is 4.59. The number of pyridine rings is 1. The van der Waals surface area contributed by atoms with Gasteiger partial charge in [-0.25, -0.2) is 9.78 Å². The number of hydrogen-bond acceptors (Lipinski definition) is 4. The molecule has 1 aliphatic rings. The molecule has 7 heteroatoms. The number of rotatable bonds is 4. The maximum atomic E-state index is 11.6. The summed E-state index contributed by atoms with van der Waals surface area (Å²) in [6, 6.07) is 7.31. The molecule has 2 heterocycles. The SMILES string of the molecule is COc1ncc(-c2ccc(Cl)c(Cl)c2)cc1CN1CCOC1=O. The maximum absolute atomic E-state index is 11.6. The van der Waals surface area contributed by atoms with E-state index in [1.54, 1.807) is 30.3 Å². The van der Waals surface area contributed by atoms with E-state index >= 15 is 0 Å². The third-order valence-electron chi connectivity index (χ3n) is 3.58. The molecule has 1 aromatic carbocycles. The van der Waals surface area contributed by atoms with Gasteiger partial charge in [-0.2, -0.15) is 0 Å². The van der Waals surface area contributed by atoms with Crippen molar-refractivity contribution in [2.45, 2.75) is 6.54 Å². The first kappa shape index (κ1) is 15.9. The van der Waals surface area contributed by atoms with Crippen molar-refractivity contribution in [1.82, 2.24) is 9.88 Å². The number of methoxy groups -OCH3 is 1. The summed E-state index contributed by atoms with van der Waals surface area (Å²) in [7, 11) is 1.55. The van der Waals surface area contributed by atoms with Crippen molar-refractivity contribution in [2.24, 2.45) is 0 Å². The molecule has 1 amide bonds. The summed E-state index contributed by atoms with van der Waals surface area (Å²) in [6.45, 7) is 1.34. The number of nitrogens with zero attached hydrogens (tertiary/aromatic N) is 2. The number of carbonyl (C=O) groups is 1. The summed E-state index contributed by atoms with van der Waals surface area (Å²) in [6.07, 6.45) is 1.37. The molecular weight excluding hydrogens is 339 g/mol. The molecule has 3 rings (SSSR count). The van der Waals surface area contributed by atoms with Gasteiger partial charge in [0.25, 0.3) is 0 Å². The normalized spacial score (nSPS) is 14.0. The minimum absolute atomic E-state index is 0.327. The minimum atomic E-state index is -0.327. The van der Waals surface area contributed by atoms with Gasteiger partial charge in [0.1, 0.15) is 6.61 Å². The fourth-order valence-corrected chi connectivity index (χ4v) is 2.70. The third-order valence-corrected chi connectivity index (χ3v) is 4.32. The van der Waals surface area contributed by atoms with Crippen LogP contribution in [0.2, 0.25) is 10.0 Å². The van der Waals surface area contributed by atoms with Crippen LogP contribution in [0.4, 0.5) is 4.79 Å². The molecule has 0 saturated carbocycles. The van der Waals surface area contributed by atoms with Gasteiger partial charge >= 0.3 is 6.09 Å². The van der Waals surface area contributed by atoms with Gasteiger partial charge in [0.05, 0.1) is 30.2 Å². The first-order valence-electron chi connectivity index (χ1n) is 6.98. The lowest BCUT2D eigenvalue weighted by molar-refractivity contribution is 0.157. The fraction of sp³-hybridized carbons (Fsp3) is 0.250. The quantitative estimate of drug-likeness (QED) is 0.833. The van der Waals surface area contributed by atoms with Crippen molar-refractivity contribution >= 4 is 29.3 Å². The van der Waals surface area contributed by atoms with Crippen LogP contribution in [0.1, 0.15) is 5.56 Å². The lowest BCUT2D eigenvalue weighted by atomic mass is 10.1. The molecule has 23 heavy (non-hydrogen) atoms. The first-order valence-corrected chi connectivity index (χ1v) is 7.74. The van der Waals surface area contributed by atoms with E-state index in [0.29, 0.717) is 35.6 Å². The predicted octanol–water partition coefficient (Wildman–Crippen LogP) is 4.02. The largest absolute Gasteiger partial charge is 0.481 e. The highest BCUT2D eigenvalue weighted by Gasteiger charge is 2.23. The molecule has 0 aliphatic carbocycles. The van der Waals surface area contributed by atoms with E-state index in [2.05, 4.69) is 4.98 Å². The monoisotopic (exact) mass is 352 g/mol. The van der Waals surface area contributed by atoms with E-state index in [0.717, 1.165) is 16.7 Å². The van der Waals surface area contributed by atoms with Crippen LogP contribution in [-0.4, -0.2) is 36.2 Å². The van der Waals surface area contributed by atoms with Crippen molar-refractivity contribution in [2.75, 3.05) is 20.3 Å². The van der Waals surface area contributed by atoms with Gasteiger partial charge in [-0.3, -0.25) is 0 Å². The van der Waals surface area contributed by atoms with Crippen LogP contribution < -0.4 is 4.74 Å². The molecule has 1 aromatic heterocycles. The van der Waals surface area contributed by atoms with E-state index < -0.39 is 0 Å². The van der Waals surface area contributed by atoms with Crippen molar-refractivity contribution in [1.29, 1.82) is 0 Å². The Bertz CT molecular complexity index is 752. The zero-order valence-corrected chi connectivity index (χ0v) is 13.9. The molecule has 5 nitrogen and oxygen atoms in total. The smallest absolute Gasteiger partial charge is 0.410 e. The summed E-state index contributed by atoms with van der Waals surface area (Å²) in [5.74, 6) is 0.480. The standard InChI is InChI=1S/C16H14Cl2N2O3/c1-22-15-12(9-20-4-5-23-16(20)21)6-11(8-19-15)10-2-3-13(17)14(18)7-10/h2-3,6-8H,4-5,9H2,1H3. The lowest BCUT2D eigenvalue weighted by Crippen LogP contribution is -2.24. The average molecular weight is 353 g/mol. The van der Waals surface area contributed by atoms with Crippen LogP contribution in [0.15, 0.2) is 30.5 Å². The minimum Gasteiger partial charge on any atom is -0.481 e. The van der Waals surface area contributed by atoms with E-state index in [1.807, 2.05) is 12.1 Å². The van der Waals surface area contributed by atoms with Crippen LogP contribution in [0, 0.1) is 0 Å². The van der Waals surface area contributed by atoms with Gasteiger partial charge in [-0.15, -0.1) is 0 Å². The van der Waals surface area contributed by atoms with E-state index in [4.69, 9.17) is 32.7 Å². The number of cyclic esters (lactones) is 1. The predicted molar refractivity (Wildman–Crippen MR) is 88.0 cm³/mol. The molecule has 0 bridgehead atoms. The van der Waals surface area contributed by atoms with E-state index in [-0.39, 0.29) is 6.09 Å². The van der Waals surface area contributed by atoms with Gasteiger partial charge in [0.2, 0.25) is 5.88 Å². The molecule has 0 spiro atoms.